The highest BCUT2D eigenvalue weighted by molar-refractivity contribution is 5.87. The van der Waals surface area contributed by atoms with E-state index in [9.17, 15) is 4.79 Å². The lowest BCUT2D eigenvalue weighted by atomic mass is 10.1. The molecule has 1 aliphatic rings. The number of amides is 1. The van der Waals surface area contributed by atoms with Crippen molar-refractivity contribution < 1.29 is 14.3 Å². The normalized spacial score (nSPS) is 20.4. The summed E-state index contributed by atoms with van der Waals surface area (Å²) in [6, 6.07) is 7.65. The first-order valence-corrected chi connectivity index (χ1v) is 8.67. The molecular formula is C19H25N3O3. The van der Waals surface area contributed by atoms with Gasteiger partial charge in [0.15, 0.2) is 0 Å². The Morgan fingerprint density at radius 1 is 1.44 bits per heavy atom. The first-order valence-electron chi connectivity index (χ1n) is 8.67. The topological polar surface area (TPSA) is 76.2 Å². The van der Waals surface area contributed by atoms with E-state index in [-0.39, 0.29) is 24.5 Å². The molecule has 134 valence electrons. The van der Waals surface area contributed by atoms with Gasteiger partial charge in [-0.25, -0.2) is 0 Å². The van der Waals surface area contributed by atoms with Gasteiger partial charge >= 0.3 is 0 Å². The molecule has 1 aromatic carbocycles. The van der Waals surface area contributed by atoms with Gasteiger partial charge < -0.3 is 14.8 Å². The lowest BCUT2D eigenvalue weighted by Gasteiger charge is -2.31. The molecule has 0 saturated carbocycles. The predicted molar refractivity (Wildman–Crippen MR) is 96.3 cm³/mol. The second-order valence-corrected chi connectivity index (χ2v) is 6.59. The molecule has 1 amide bonds. The van der Waals surface area contributed by atoms with Crippen LogP contribution in [0.5, 0.6) is 0 Å². The van der Waals surface area contributed by atoms with E-state index in [0.29, 0.717) is 19.8 Å². The number of aromatic nitrogens is 2. The highest BCUT2D eigenvalue weighted by atomic mass is 16.5. The standard InChI is InChI=1S/C19H25N3O3/c1-13(2)7-10-25-18-8-9-24-12-17(18)20-19(23)11-16-14-5-3-4-6-15(14)21-22-16/h3-7,17-18H,8-12H2,1-2H3,(H,20,23)(H,21,22)/t17-,18+/m1/s1. The molecule has 0 radical (unpaired) electrons. The second kappa shape index (κ2) is 8.27. The number of allylic oxidation sites excluding steroid dienone is 1. The van der Waals surface area contributed by atoms with E-state index in [4.69, 9.17) is 9.47 Å². The Balaban J connectivity index is 1.59. The summed E-state index contributed by atoms with van der Waals surface area (Å²) in [6.07, 6.45) is 3.07. The number of carbonyl (C=O) groups excluding carboxylic acids is 1. The molecule has 6 nitrogen and oxygen atoms in total. The van der Waals surface area contributed by atoms with Crippen LogP contribution in [0.3, 0.4) is 0 Å². The first-order chi connectivity index (χ1) is 12.1. The van der Waals surface area contributed by atoms with E-state index in [0.717, 1.165) is 23.0 Å². The number of para-hydroxylation sites is 1. The Hall–Kier alpha value is -2.18. The third-order valence-electron chi connectivity index (χ3n) is 4.32. The van der Waals surface area contributed by atoms with Crippen LogP contribution in [0.2, 0.25) is 0 Å². The number of nitrogens with one attached hydrogen (secondary N) is 2. The summed E-state index contributed by atoms with van der Waals surface area (Å²) < 4.78 is 11.4. The SMILES string of the molecule is CC(C)=CCO[C@H]1CCOC[C@H]1NC(=O)Cc1[nH]nc2ccccc12. The van der Waals surface area contributed by atoms with Gasteiger partial charge in [0.25, 0.3) is 0 Å². The summed E-state index contributed by atoms with van der Waals surface area (Å²) in [5, 5.41) is 11.2. The van der Waals surface area contributed by atoms with Gasteiger partial charge in [-0.15, -0.1) is 0 Å². The molecule has 2 N–H and O–H groups in total. The maximum atomic E-state index is 12.5. The van der Waals surface area contributed by atoms with Gasteiger partial charge in [-0.3, -0.25) is 9.89 Å². The number of ether oxygens (including phenoxy) is 2. The number of hydrogen-bond acceptors (Lipinski definition) is 4. The molecule has 2 heterocycles. The van der Waals surface area contributed by atoms with Crippen LogP contribution < -0.4 is 5.32 Å². The molecule has 1 fully saturated rings. The number of nitrogens with zero attached hydrogens (tertiary/aromatic N) is 1. The highest BCUT2D eigenvalue weighted by Crippen LogP contribution is 2.16. The van der Waals surface area contributed by atoms with Crippen molar-refractivity contribution >= 4 is 16.8 Å². The average molecular weight is 343 g/mol. The molecule has 2 atom stereocenters. The Bertz CT molecular complexity index is 749. The summed E-state index contributed by atoms with van der Waals surface area (Å²) in [6.45, 7) is 5.79. The Kier molecular flexibility index (Phi) is 5.83. The molecule has 25 heavy (non-hydrogen) atoms. The average Bonchev–Trinajstić information content (AvgIpc) is 2.99. The largest absolute Gasteiger partial charge is 0.379 e. The van der Waals surface area contributed by atoms with Crippen molar-refractivity contribution in [2.75, 3.05) is 19.8 Å². The summed E-state index contributed by atoms with van der Waals surface area (Å²) in [4.78, 5) is 12.5. The van der Waals surface area contributed by atoms with Crippen molar-refractivity contribution in [1.29, 1.82) is 0 Å². The maximum absolute atomic E-state index is 12.5. The molecule has 1 aromatic heterocycles. The van der Waals surface area contributed by atoms with E-state index in [1.54, 1.807) is 0 Å². The lowest BCUT2D eigenvalue weighted by molar-refractivity contribution is -0.125. The van der Waals surface area contributed by atoms with Crippen LogP contribution >= 0.6 is 0 Å². The summed E-state index contributed by atoms with van der Waals surface area (Å²) >= 11 is 0. The Morgan fingerprint density at radius 2 is 2.28 bits per heavy atom. The number of fused-ring (bicyclic) bond motifs is 1. The van der Waals surface area contributed by atoms with Crippen LogP contribution in [0.4, 0.5) is 0 Å². The van der Waals surface area contributed by atoms with Gasteiger partial charge in [-0.1, -0.05) is 29.8 Å². The van der Waals surface area contributed by atoms with Crippen LogP contribution in [0, 0.1) is 0 Å². The van der Waals surface area contributed by atoms with Gasteiger partial charge in [-0.05, 0) is 26.3 Å². The first kappa shape index (κ1) is 17.6. The van der Waals surface area contributed by atoms with Crippen LogP contribution in [-0.2, 0) is 20.7 Å². The number of benzene rings is 1. The fraction of sp³-hybridized carbons (Fsp3) is 0.474. The van der Waals surface area contributed by atoms with Crippen molar-refractivity contribution in [1.82, 2.24) is 15.5 Å². The number of hydrogen-bond donors (Lipinski definition) is 2. The Labute approximate surface area is 147 Å². The summed E-state index contributed by atoms with van der Waals surface area (Å²) in [5.74, 6) is -0.0549. The van der Waals surface area contributed by atoms with E-state index in [2.05, 4.69) is 15.5 Å². The van der Waals surface area contributed by atoms with Crippen molar-refractivity contribution in [3.63, 3.8) is 0 Å². The fourth-order valence-electron chi connectivity index (χ4n) is 2.96. The Morgan fingerprint density at radius 3 is 3.12 bits per heavy atom. The van der Waals surface area contributed by atoms with Gasteiger partial charge in [0.2, 0.25) is 5.91 Å². The zero-order valence-corrected chi connectivity index (χ0v) is 14.7. The molecule has 2 aromatic rings. The van der Waals surface area contributed by atoms with E-state index < -0.39 is 0 Å². The third kappa shape index (κ3) is 4.67. The van der Waals surface area contributed by atoms with Crippen LogP contribution in [0.1, 0.15) is 26.0 Å². The quantitative estimate of drug-likeness (QED) is 0.790. The zero-order chi connectivity index (χ0) is 17.6. The lowest BCUT2D eigenvalue weighted by Crippen LogP contribution is -2.51. The smallest absolute Gasteiger partial charge is 0.226 e. The molecule has 3 rings (SSSR count). The van der Waals surface area contributed by atoms with Crippen LogP contribution in [0.15, 0.2) is 35.9 Å². The predicted octanol–water partition coefficient (Wildman–Crippen LogP) is 2.36. The summed E-state index contributed by atoms with van der Waals surface area (Å²) in [7, 11) is 0. The minimum absolute atomic E-state index is 0.0215. The van der Waals surface area contributed by atoms with Crippen molar-refractivity contribution in [3.05, 3.63) is 41.6 Å². The van der Waals surface area contributed by atoms with Crippen molar-refractivity contribution in [3.8, 4) is 0 Å². The highest BCUT2D eigenvalue weighted by Gasteiger charge is 2.28. The van der Waals surface area contributed by atoms with Gasteiger partial charge in [0.05, 0.1) is 43.0 Å². The number of carbonyl (C=O) groups is 1. The molecule has 6 heteroatoms. The molecule has 1 aliphatic heterocycles. The molecule has 0 aliphatic carbocycles. The minimum Gasteiger partial charge on any atom is -0.379 e. The minimum atomic E-state index is -0.124. The van der Waals surface area contributed by atoms with Crippen LogP contribution in [0.25, 0.3) is 10.9 Å². The fourth-order valence-corrected chi connectivity index (χ4v) is 2.96. The van der Waals surface area contributed by atoms with Gasteiger partial charge in [0.1, 0.15) is 0 Å². The molecule has 1 saturated heterocycles. The second-order valence-electron chi connectivity index (χ2n) is 6.59. The van der Waals surface area contributed by atoms with Crippen molar-refractivity contribution in [2.45, 2.75) is 38.8 Å². The summed E-state index contributed by atoms with van der Waals surface area (Å²) in [5.41, 5.74) is 2.92. The number of aromatic amines is 1. The maximum Gasteiger partial charge on any atom is 0.226 e. The van der Waals surface area contributed by atoms with E-state index in [1.807, 2.05) is 44.2 Å². The van der Waals surface area contributed by atoms with Gasteiger partial charge in [0, 0.05) is 12.0 Å². The molecule has 0 bridgehead atoms. The van der Waals surface area contributed by atoms with Crippen molar-refractivity contribution in [2.24, 2.45) is 0 Å². The zero-order valence-electron chi connectivity index (χ0n) is 14.7. The van der Waals surface area contributed by atoms with Gasteiger partial charge in [-0.2, -0.15) is 5.10 Å². The van der Waals surface area contributed by atoms with Crippen LogP contribution in [-0.4, -0.2) is 48.1 Å². The third-order valence-corrected chi connectivity index (χ3v) is 4.32. The monoisotopic (exact) mass is 343 g/mol. The van der Waals surface area contributed by atoms with E-state index >= 15 is 0 Å². The molecule has 0 unspecified atom stereocenters. The molecule has 0 spiro atoms. The number of rotatable bonds is 6. The van der Waals surface area contributed by atoms with E-state index in [1.165, 1.54) is 5.57 Å². The molecular weight excluding hydrogens is 318 g/mol. The number of H-pyrrole nitrogens is 1.